The molecule has 0 heterocycles. The lowest BCUT2D eigenvalue weighted by molar-refractivity contribution is -0.105. The van der Waals surface area contributed by atoms with Crippen molar-refractivity contribution in [1.82, 2.24) is 0 Å². The molecule has 0 aliphatic carbocycles. The molecular weight excluding hydrogens is 413 g/mol. The maximum absolute atomic E-state index is 14.0. The Morgan fingerprint density at radius 1 is 1.08 bits per heavy atom. The summed E-state index contributed by atoms with van der Waals surface area (Å²) in [6.07, 6.45) is -4.30. The first kappa shape index (κ1) is 19.1. The molecule has 2 aromatic rings. The molecule has 1 nitrogen and oxygen atoms in total. The lowest BCUT2D eigenvalue weighted by Crippen LogP contribution is -2.11. The molecule has 0 saturated heterocycles. The summed E-state index contributed by atoms with van der Waals surface area (Å²) in [6.45, 7) is 1.69. The van der Waals surface area contributed by atoms with Crippen LogP contribution in [0.4, 0.5) is 27.6 Å². The molecule has 0 radical (unpaired) electrons. The molecule has 2 aromatic carbocycles. The number of benzene rings is 2. The molecule has 130 valence electrons. The van der Waals surface area contributed by atoms with Gasteiger partial charge in [0.2, 0.25) is 0 Å². The third-order valence-corrected chi connectivity index (χ3v) is 4.74. The van der Waals surface area contributed by atoms with E-state index in [1.165, 1.54) is 24.3 Å². The first-order valence-corrected chi connectivity index (χ1v) is 8.60. The molecule has 0 spiro atoms. The molecule has 24 heavy (non-hydrogen) atoms. The van der Waals surface area contributed by atoms with Crippen molar-refractivity contribution in [3.8, 4) is 0 Å². The summed E-state index contributed by atoms with van der Waals surface area (Å²) in [7, 11) is 0. The van der Waals surface area contributed by atoms with E-state index in [-0.39, 0.29) is 12.2 Å². The second-order valence-electron chi connectivity index (χ2n) is 5.13. The van der Waals surface area contributed by atoms with Gasteiger partial charge >= 0.3 is 6.18 Å². The van der Waals surface area contributed by atoms with Gasteiger partial charge in [-0.3, -0.25) is 0 Å². The Labute approximate surface area is 148 Å². The van der Waals surface area contributed by atoms with E-state index in [0.29, 0.717) is 32.3 Å². The maximum Gasteiger partial charge on any atom is 0.398 e. The molecule has 0 bridgehead atoms. The molecule has 0 unspecified atom stereocenters. The van der Waals surface area contributed by atoms with E-state index in [1.54, 1.807) is 13.0 Å². The Morgan fingerprint density at radius 3 is 2.42 bits per heavy atom. The maximum atomic E-state index is 14.0. The van der Waals surface area contributed by atoms with Gasteiger partial charge in [0, 0.05) is 15.9 Å². The molecule has 0 atom stereocenters. The van der Waals surface area contributed by atoms with Crippen molar-refractivity contribution in [3.63, 3.8) is 0 Å². The molecule has 8 heteroatoms. The summed E-state index contributed by atoms with van der Waals surface area (Å²) < 4.78 is 64.9. The minimum Gasteiger partial charge on any atom is -0.379 e. The first-order valence-electron chi connectivity index (χ1n) is 6.82. The van der Waals surface area contributed by atoms with Crippen LogP contribution >= 0.6 is 27.7 Å². The van der Waals surface area contributed by atoms with Crippen LogP contribution in [0.1, 0.15) is 11.1 Å². The van der Waals surface area contributed by atoms with Crippen molar-refractivity contribution in [2.24, 2.45) is 0 Å². The van der Waals surface area contributed by atoms with Gasteiger partial charge in [0.25, 0.3) is 0 Å². The van der Waals surface area contributed by atoms with E-state index in [2.05, 4.69) is 21.2 Å². The number of alkyl halides is 3. The SMILES string of the molecule is Cc1cc(F)c(NCc2cc(F)cc(Br)c2)cc1SCC(F)(F)F. The zero-order valence-corrected chi connectivity index (χ0v) is 14.9. The number of thioether (sulfide) groups is 1. The number of anilines is 1. The van der Waals surface area contributed by atoms with Gasteiger partial charge in [-0.25, -0.2) is 8.78 Å². The van der Waals surface area contributed by atoms with E-state index in [0.717, 1.165) is 0 Å². The van der Waals surface area contributed by atoms with E-state index in [1.807, 2.05) is 0 Å². The molecular formula is C16H13BrF5NS. The smallest absolute Gasteiger partial charge is 0.379 e. The van der Waals surface area contributed by atoms with E-state index in [9.17, 15) is 22.0 Å². The Bertz CT molecular complexity index is 713. The lowest BCUT2D eigenvalue weighted by atomic mass is 10.2. The van der Waals surface area contributed by atoms with Gasteiger partial charge < -0.3 is 5.32 Å². The lowest BCUT2D eigenvalue weighted by Gasteiger charge is -2.13. The number of nitrogens with one attached hydrogen (secondary N) is 1. The van der Waals surface area contributed by atoms with E-state index >= 15 is 0 Å². The minimum absolute atomic E-state index is 0.0747. The predicted octanol–water partition coefficient (Wildman–Crippen LogP) is 6.30. The van der Waals surface area contributed by atoms with Gasteiger partial charge in [0.05, 0.1) is 11.4 Å². The molecule has 1 N–H and O–H groups in total. The average Bonchev–Trinajstić information content (AvgIpc) is 2.43. The summed E-state index contributed by atoms with van der Waals surface area (Å²) in [4.78, 5) is 0.344. The Balaban J connectivity index is 2.14. The summed E-state index contributed by atoms with van der Waals surface area (Å²) in [5.41, 5.74) is 1.08. The number of rotatable bonds is 5. The van der Waals surface area contributed by atoms with Gasteiger partial charge in [0.1, 0.15) is 11.6 Å². The minimum atomic E-state index is -4.30. The molecule has 2 rings (SSSR count). The first-order chi connectivity index (χ1) is 11.1. The molecule has 0 aliphatic rings. The second kappa shape index (κ2) is 7.74. The fourth-order valence-corrected chi connectivity index (χ4v) is 3.33. The fourth-order valence-electron chi connectivity index (χ4n) is 2.01. The third kappa shape index (κ3) is 5.66. The van der Waals surface area contributed by atoms with Crippen LogP contribution in [0, 0.1) is 18.6 Å². The van der Waals surface area contributed by atoms with Crippen molar-refractivity contribution < 1.29 is 22.0 Å². The monoisotopic (exact) mass is 425 g/mol. The Morgan fingerprint density at radius 2 is 1.79 bits per heavy atom. The third-order valence-electron chi connectivity index (χ3n) is 3.06. The topological polar surface area (TPSA) is 12.0 Å². The summed E-state index contributed by atoms with van der Waals surface area (Å²) in [5.74, 6) is -2.05. The van der Waals surface area contributed by atoms with Crippen molar-refractivity contribution >= 4 is 33.4 Å². The van der Waals surface area contributed by atoms with E-state index in [4.69, 9.17) is 0 Å². The quantitative estimate of drug-likeness (QED) is 0.445. The van der Waals surface area contributed by atoms with Crippen LogP contribution in [0.2, 0.25) is 0 Å². The van der Waals surface area contributed by atoms with Crippen molar-refractivity contribution in [2.45, 2.75) is 24.5 Å². The Hall–Kier alpha value is -1.28. The summed E-state index contributed by atoms with van der Waals surface area (Å²) in [6, 6.07) is 6.78. The second-order valence-corrected chi connectivity index (χ2v) is 7.07. The zero-order valence-electron chi connectivity index (χ0n) is 12.5. The van der Waals surface area contributed by atoms with Crippen LogP contribution in [0.3, 0.4) is 0 Å². The summed E-state index contributed by atoms with van der Waals surface area (Å²) in [5, 5.41) is 2.79. The normalized spacial score (nSPS) is 11.6. The molecule has 0 saturated carbocycles. The van der Waals surface area contributed by atoms with E-state index < -0.39 is 23.6 Å². The molecule has 0 amide bonds. The highest BCUT2D eigenvalue weighted by Crippen LogP contribution is 2.32. The predicted molar refractivity (Wildman–Crippen MR) is 89.3 cm³/mol. The van der Waals surface area contributed by atoms with Gasteiger partial charge in [-0.1, -0.05) is 15.9 Å². The van der Waals surface area contributed by atoms with Crippen LogP contribution in [0.15, 0.2) is 39.7 Å². The highest BCUT2D eigenvalue weighted by molar-refractivity contribution is 9.10. The van der Waals surface area contributed by atoms with Gasteiger partial charge in [-0.05, 0) is 48.4 Å². The van der Waals surface area contributed by atoms with Crippen LogP contribution < -0.4 is 5.32 Å². The number of hydrogen-bond donors (Lipinski definition) is 1. The van der Waals surface area contributed by atoms with Gasteiger partial charge in [-0.15, -0.1) is 11.8 Å². The highest BCUT2D eigenvalue weighted by atomic mass is 79.9. The number of halogens is 6. The van der Waals surface area contributed by atoms with Crippen LogP contribution in [0.5, 0.6) is 0 Å². The number of hydrogen-bond acceptors (Lipinski definition) is 2. The summed E-state index contributed by atoms with van der Waals surface area (Å²) >= 11 is 3.77. The Kier molecular flexibility index (Phi) is 6.14. The largest absolute Gasteiger partial charge is 0.398 e. The average molecular weight is 426 g/mol. The highest BCUT2D eigenvalue weighted by Gasteiger charge is 2.27. The standard InChI is InChI=1S/C16H13BrF5NS/c1-9-2-13(19)14(6-15(9)24-8-16(20,21)22)23-7-10-3-11(17)5-12(18)4-10/h2-6,23H,7-8H2,1H3. The fraction of sp³-hybridized carbons (Fsp3) is 0.250. The molecule has 0 aromatic heterocycles. The van der Waals surface area contributed by atoms with Crippen molar-refractivity contribution in [1.29, 1.82) is 0 Å². The number of aryl methyl sites for hydroxylation is 1. The van der Waals surface area contributed by atoms with Crippen LogP contribution in [-0.4, -0.2) is 11.9 Å². The molecule has 0 aliphatic heterocycles. The van der Waals surface area contributed by atoms with Crippen LogP contribution in [0.25, 0.3) is 0 Å². The van der Waals surface area contributed by atoms with Crippen molar-refractivity contribution in [3.05, 3.63) is 57.6 Å². The van der Waals surface area contributed by atoms with Gasteiger partial charge in [0.15, 0.2) is 0 Å². The zero-order chi connectivity index (χ0) is 17.9. The van der Waals surface area contributed by atoms with Crippen molar-refractivity contribution in [2.75, 3.05) is 11.1 Å². The van der Waals surface area contributed by atoms with Gasteiger partial charge in [-0.2, -0.15) is 13.2 Å². The van der Waals surface area contributed by atoms with Crippen LogP contribution in [-0.2, 0) is 6.54 Å². The molecule has 0 fully saturated rings.